The van der Waals surface area contributed by atoms with Gasteiger partial charge in [-0.15, -0.1) is 0 Å². The molecular formula is C29H31N5O3. The number of morpholine rings is 1. The number of nitrogens with one attached hydrogen (secondary N) is 2. The van der Waals surface area contributed by atoms with Crippen molar-refractivity contribution in [1.29, 1.82) is 0 Å². The number of H-pyrrole nitrogens is 1. The molecule has 2 N–H and O–H groups in total. The van der Waals surface area contributed by atoms with E-state index in [4.69, 9.17) is 4.74 Å². The number of amides is 1. The van der Waals surface area contributed by atoms with Crippen molar-refractivity contribution in [3.8, 4) is 11.3 Å². The van der Waals surface area contributed by atoms with Crippen molar-refractivity contribution >= 4 is 22.5 Å². The van der Waals surface area contributed by atoms with Gasteiger partial charge >= 0.3 is 0 Å². The van der Waals surface area contributed by atoms with Gasteiger partial charge in [0.1, 0.15) is 5.82 Å². The van der Waals surface area contributed by atoms with Gasteiger partial charge in [-0.3, -0.25) is 14.6 Å². The van der Waals surface area contributed by atoms with E-state index < -0.39 is 0 Å². The Morgan fingerprint density at radius 3 is 2.51 bits per heavy atom. The van der Waals surface area contributed by atoms with E-state index in [0.717, 1.165) is 22.5 Å². The molecule has 0 radical (unpaired) electrons. The maximum absolute atomic E-state index is 13.0. The Labute approximate surface area is 215 Å². The van der Waals surface area contributed by atoms with Crippen molar-refractivity contribution in [3.63, 3.8) is 0 Å². The van der Waals surface area contributed by atoms with Gasteiger partial charge in [-0.25, -0.2) is 4.98 Å². The van der Waals surface area contributed by atoms with Gasteiger partial charge in [0.05, 0.1) is 28.8 Å². The lowest BCUT2D eigenvalue weighted by Crippen LogP contribution is -2.48. The zero-order valence-corrected chi connectivity index (χ0v) is 21.5. The molecule has 1 amide bonds. The number of hydrogen-bond donors (Lipinski definition) is 2. The van der Waals surface area contributed by atoms with Gasteiger partial charge in [0.15, 0.2) is 0 Å². The molecule has 0 saturated carbocycles. The van der Waals surface area contributed by atoms with Crippen molar-refractivity contribution in [2.24, 2.45) is 0 Å². The fourth-order valence-electron chi connectivity index (χ4n) is 4.98. The largest absolute Gasteiger partial charge is 0.378 e. The van der Waals surface area contributed by atoms with Gasteiger partial charge in [-0.2, -0.15) is 0 Å². The molecule has 1 aliphatic rings. The summed E-state index contributed by atoms with van der Waals surface area (Å²) in [4.78, 5) is 39.4. The molecule has 37 heavy (non-hydrogen) atoms. The Hall–Kier alpha value is -4.04. The van der Waals surface area contributed by atoms with Gasteiger partial charge in [-0.1, -0.05) is 6.07 Å². The third-order valence-corrected chi connectivity index (χ3v) is 6.62. The Balaban J connectivity index is 1.43. The molecule has 8 heteroatoms. The minimum Gasteiger partial charge on any atom is -0.378 e. The van der Waals surface area contributed by atoms with E-state index in [0.29, 0.717) is 35.4 Å². The topological polar surface area (TPSA) is 100 Å². The molecule has 2 aromatic carbocycles. The van der Waals surface area contributed by atoms with Crippen LogP contribution < -0.4 is 10.9 Å². The molecule has 1 fully saturated rings. The van der Waals surface area contributed by atoms with Crippen LogP contribution in [0.5, 0.6) is 0 Å². The first-order valence-corrected chi connectivity index (χ1v) is 12.6. The summed E-state index contributed by atoms with van der Waals surface area (Å²) in [6.45, 7) is 8.97. The smallest absolute Gasteiger partial charge is 0.258 e. The number of ether oxygens (including phenoxy) is 1. The zero-order valence-electron chi connectivity index (χ0n) is 21.5. The van der Waals surface area contributed by atoms with Crippen molar-refractivity contribution in [2.45, 2.75) is 45.9 Å². The van der Waals surface area contributed by atoms with Crippen LogP contribution >= 0.6 is 0 Å². The third-order valence-electron chi connectivity index (χ3n) is 6.62. The summed E-state index contributed by atoms with van der Waals surface area (Å²) < 4.78 is 5.76. The molecule has 2 aromatic heterocycles. The second-order valence-electron chi connectivity index (χ2n) is 9.73. The number of hydrogen-bond acceptors (Lipinski definition) is 6. The van der Waals surface area contributed by atoms with Crippen molar-refractivity contribution in [3.05, 3.63) is 88.1 Å². The number of carbonyl (C=O) groups is 1. The van der Waals surface area contributed by atoms with Gasteiger partial charge in [-0.05, 0) is 81.8 Å². The molecule has 5 rings (SSSR count). The normalized spacial score (nSPS) is 18.5. The molecule has 8 nitrogen and oxygen atoms in total. The molecule has 3 atom stereocenters. The lowest BCUT2D eigenvalue weighted by molar-refractivity contribution is -0.0586. The number of carbonyl (C=O) groups excluding carboxylic acids is 1. The van der Waals surface area contributed by atoms with Crippen LogP contribution in [0.25, 0.3) is 22.2 Å². The molecule has 0 unspecified atom stereocenters. The van der Waals surface area contributed by atoms with Gasteiger partial charge in [0.2, 0.25) is 0 Å². The Morgan fingerprint density at radius 2 is 1.84 bits per heavy atom. The zero-order chi connectivity index (χ0) is 26.1. The van der Waals surface area contributed by atoms with E-state index in [1.165, 1.54) is 0 Å². The van der Waals surface area contributed by atoms with Crippen LogP contribution in [-0.2, 0) is 4.74 Å². The third kappa shape index (κ3) is 5.24. The highest BCUT2D eigenvalue weighted by Gasteiger charge is 2.26. The summed E-state index contributed by atoms with van der Waals surface area (Å²) in [5, 5.41) is 4.05. The lowest BCUT2D eigenvalue weighted by atomic mass is 9.96. The van der Waals surface area contributed by atoms with Crippen molar-refractivity contribution in [1.82, 2.24) is 19.9 Å². The number of anilines is 1. The molecule has 4 aromatic rings. The first-order valence-electron chi connectivity index (χ1n) is 12.6. The average molecular weight is 498 g/mol. The highest BCUT2D eigenvalue weighted by atomic mass is 16.5. The summed E-state index contributed by atoms with van der Waals surface area (Å²) in [5.41, 5.74) is 4.63. The second kappa shape index (κ2) is 10.1. The maximum atomic E-state index is 13.0. The van der Waals surface area contributed by atoms with E-state index in [1.807, 2.05) is 80.3 Å². The van der Waals surface area contributed by atoms with Crippen LogP contribution in [0.2, 0.25) is 0 Å². The summed E-state index contributed by atoms with van der Waals surface area (Å²) >= 11 is 0. The van der Waals surface area contributed by atoms with Crippen LogP contribution in [0.4, 0.5) is 5.69 Å². The minimum atomic E-state index is -0.168. The number of pyridine rings is 1. The summed E-state index contributed by atoms with van der Waals surface area (Å²) in [7, 11) is 0. The number of rotatable bonds is 5. The van der Waals surface area contributed by atoms with Crippen LogP contribution in [0.1, 0.15) is 48.6 Å². The molecule has 3 heterocycles. The Bertz CT molecular complexity index is 1470. The van der Waals surface area contributed by atoms with E-state index in [-0.39, 0.29) is 29.7 Å². The number of nitrogens with zero attached hydrogens (tertiary/aromatic N) is 3. The predicted molar refractivity (Wildman–Crippen MR) is 145 cm³/mol. The van der Waals surface area contributed by atoms with Crippen molar-refractivity contribution in [2.75, 3.05) is 18.4 Å². The van der Waals surface area contributed by atoms with Crippen LogP contribution in [0.15, 0.2) is 65.6 Å². The maximum Gasteiger partial charge on any atom is 0.258 e. The van der Waals surface area contributed by atoms with Crippen LogP contribution in [0.3, 0.4) is 0 Å². The molecule has 0 aliphatic carbocycles. The van der Waals surface area contributed by atoms with Crippen LogP contribution in [-0.4, -0.2) is 51.1 Å². The number of aromatic amines is 1. The minimum absolute atomic E-state index is 0.00980. The fraction of sp³-hybridized carbons (Fsp3) is 0.310. The number of aromatic nitrogens is 3. The van der Waals surface area contributed by atoms with E-state index in [9.17, 15) is 9.59 Å². The van der Waals surface area contributed by atoms with Gasteiger partial charge in [0, 0.05) is 42.1 Å². The summed E-state index contributed by atoms with van der Waals surface area (Å²) in [6.07, 6.45) is 1.80. The van der Waals surface area contributed by atoms with Crippen molar-refractivity contribution < 1.29 is 9.53 Å². The fourth-order valence-corrected chi connectivity index (χ4v) is 4.98. The highest BCUT2D eigenvalue weighted by molar-refractivity contribution is 5.94. The first kappa shape index (κ1) is 24.6. The molecule has 0 bridgehead atoms. The van der Waals surface area contributed by atoms with E-state index in [2.05, 4.69) is 20.3 Å². The van der Waals surface area contributed by atoms with E-state index in [1.54, 1.807) is 13.1 Å². The van der Waals surface area contributed by atoms with Gasteiger partial charge < -0.3 is 19.9 Å². The molecule has 190 valence electrons. The number of benzene rings is 2. The molecule has 0 spiro atoms. The standard InChI is InChI=1S/C29H31N5O3/c1-17-15-34(16-18(2)37-17)29(36)21-8-10-22(11-9-21)31-19(3)23-13-25-27(32-20(4)33-28(25)35)14-24(23)26-7-5-6-12-30-26/h5-14,17-19,31H,15-16H2,1-4H3,(H,32,33,35)/t17-,18+,19-/m0/s1. The number of aryl methyl sites for hydroxylation is 1. The molecule has 1 aliphatic heterocycles. The summed E-state index contributed by atoms with van der Waals surface area (Å²) in [5.74, 6) is 0.578. The Kier molecular flexibility index (Phi) is 6.76. The monoisotopic (exact) mass is 497 g/mol. The predicted octanol–water partition coefficient (Wildman–Crippen LogP) is 4.72. The highest BCUT2D eigenvalue weighted by Crippen LogP contribution is 2.32. The SMILES string of the molecule is Cc1nc2cc(-c3ccccn3)c([C@H](C)Nc3ccc(C(=O)N4C[C@@H](C)O[C@@H](C)C4)cc3)cc2c(=O)[nH]1. The first-order chi connectivity index (χ1) is 17.8. The average Bonchev–Trinajstić information content (AvgIpc) is 2.88. The van der Waals surface area contributed by atoms with Crippen LogP contribution in [0, 0.1) is 6.92 Å². The summed E-state index contributed by atoms with van der Waals surface area (Å²) in [6, 6.07) is 17.0. The second-order valence-corrected chi connectivity index (χ2v) is 9.73. The molecular weight excluding hydrogens is 466 g/mol. The number of fused-ring (bicyclic) bond motifs is 1. The lowest BCUT2D eigenvalue weighted by Gasteiger charge is -2.35. The molecule has 1 saturated heterocycles. The Morgan fingerprint density at radius 1 is 1.11 bits per heavy atom. The van der Waals surface area contributed by atoms with E-state index >= 15 is 0 Å². The quantitative estimate of drug-likeness (QED) is 0.414. The van der Waals surface area contributed by atoms with Gasteiger partial charge in [0.25, 0.3) is 11.5 Å².